The van der Waals surface area contributed by atoms with Crippen LogP contribution in [0.5, 0.6) is 5.88 Å². The molecule has 1 fully saturated rings. The van der Waals surface area contributed by atoms with Gasteiger partial charge in [-0.2, -0.15) is 4.98 Å². The second-order valence-electron chi connectivity index (χ2n) is 12.8. The van der Waals surface area contributed by atoms with Gasteiger partial charge in [-0.1, -0.05) is 41.4 Å². The van der Waals surface area contributed by atoms with E-state index in [4.69, 9.17) is 26.8 Å². The maximum atomic E-state index is 12.6. The average molecular weight is 622 g/mol. The van der Waals surface area contributed by atoms with Crippen molar-refractivity contribution in [3.63, 3.8) is 0 Å². The molecular formula is C36H36ClN5O3. The fraction of sp³-hybridized carbons (Fsp3) is 0.333. The number of ether oxygens (including phenoxy) is 2. The second-order valence-corrected chi connectivity index (χ2v) is 13.2. The van der Waals surface area contributed by atoms with Gasteiger partial charge in [0.15, 0.2) is 0 Å². The highest BCUT2D eigenvalue weighted by Crippen LogP contribution is 2.48. The lowest BCUT2D eigenvalue weighted by atomic mass is 9.68. The quantitative estimate of drug-likeness (QED) is 0.252. The molecule has 3 N–H and O–H groups in total. The van der Waals surface area contributed by atoms with Gasteiger partial charge in [0.05, 0.1) is 31.0 Å². The summed E-state index contributed by atoms with van der Waals surface area (Å²) in [6.07, 6.45) is 8.52. The average Bonchev–Trinajstić information content (AvgIpc) is 3.51. The fourth-order valence-electron chi connectivity index (χ4n) is 7.33. The Bertz CT molecular complexity index is 1860. The Morgan fingerprint density at radius 1 is 1.02 bits per heavy atom. The van der Waals surface area contributed by atoms with E-state index in [1.54, 1.807) is 0 Å². The molecule has 4 aliphatic rings. The normalized spacial score (nSPS) is 19.7. The highest BCUT2D eigenvalue weighted by Gasteiger charge is 2.42. The number of aromatic amines is 1. The standard InChI is InChI=1S/C36H36ClN5O3/c37-28-4-1-24(2-5-28)30-19-36(21-44-22-36)11-7-27(30)20-41-13-9-23(10-14-41)25-3-6-29(33(38)43)31(17-25)42-15-16-45-35-32(42)18-26-8-12-39-34(26)40-35/h1-6,8-9,12,17-18H,7,10-11,13-16,19-22H2,(H2,38,43)(H,39,40). The number of nitrogens with one attached hydrogen (secondary N) is 1. The summed E-state index contributed by atoms with van der Waals surface area (Å²) < 4.78 is 11.6. The number of anilines is 2. The fourth-order valence-corrected chi connectivity index (χ4v) is 7.46. The van der Waals surface area contributed by atoms with Gasteiger partial charge < -0.3 is 25.1 Å². The van der Waals surface area contributed by atoms with E-state index in [9.17, 15) is 4.79 Å². The third kappa shape index (κ3) is 5.31. The molecule has 0 bridgehead atoms. The molecule has 45 heavy (non-hydrogen) atoms. The summed E-state index contributed by atoms with van der Waals surface area (Å²) in [5.74, 6) is 0.104. The Hall–Kier alpha value is -4.11. The predicted octanol–water partition coefficient (Wildman–Crippen LogP) is 6.59. The van der Waals surface area contributed by atoms with E-state index in [2.05, 4.69) is 50.1 Å². The summed E-state index contributed by atoms with van der Waals surface area (Å²) >= 11 is 6.23. The SMILES string of the molecule is NC(=O)c1ccc(C2=CCN(CC3=C(c4ccc(Cl)cc4)CC4(CC3)COC4)CC2)cc1N1CCOc2nc3[nH]ccc3cc21. The molecule has 8 rings (SSSR count). The van der Waals surface area contributed by atoms with Crippen molar-refractivity contribution >= 4 is 51.1 Å². The summed E-state index contributed by atoms with van der Waals surface area (Å²) in [6.45, 7) is 5.62. The molecule has 3 aliphatic heterocycles. The Labute approximate surface area is 267 Å². The van der Waals surface area contributed by atoms with Gasteiger partial charge >= 0.3 is 0 Å². The van der Waals surface area contributed by atoms with Gasteiger partial charge in [0.2, 0.25) is 5.88 Å². The zero-order chi connectivity index (χ0) is 30.5. The molecule has 1 aliphatic carbocycles. The minimum Gasteiger partial charge on any atom is -0.474 e. The topological polar surface area (TPSA) is 96.7 Å². The number of nitrogens with zero attached hydrogens (tertiary/aromatic N) is 3. The van der Waals surface area contributed by atoms with E-state index in [1.165, 1.54) is 28.7 Å². The van der Waals surface area contributed by atoms with Crippen molar-refractivity contribution in [2.24, 2.45) is 11.1 Å². The van der Waals surface area contributed by atoms with Crippen molar-refractivity contribution in [3.05, 3.63) is 94.2 Å². The molecule has 1 amide bonds. The molecular weight excluding hydrogens is 586 g/mol. The number of fused-ring (bicyclic) bond motifs is 2. The van der Waals surface area contributed by atoms with Crippen LogP contribution in [0, 0.1) is 5.41 Å². The lowest BCUT2D eigenvalue weighted by Crippen LogP contribution is -2.45. The molecule has 9 heteroatoms. The van der Waals surface area contributed by atoms with Gasteiger partial charge in [0.1, 0.15) is 17.9 Å². The Balaban J connectivity index is 1.06. The minimum atomic E-state index is -0.448. The van der Waals surface area contributed by atoms with Crippen LogP contribution in [0.3, 0.4) is 0 Å². The highest BCUT2D eigenvalue weighted by atomic mass is 35.5. The maximum absolute atomic E-state index is 12.6. The number of primary amides is 1. The van der Waals surface area contributed by atoms with Crippen LogP contribution in [-0.4, -0.2) is 66.8 Å². The largest absolute Gasteiger partial charge is 0.474 e. The van der Waals surface area contributed by atoms with Gasteiger partial charge in [-0.05, 0) is 84.4 Å². The highest BCUT2D eigenvalue weighted by molar-refractivity contribution is 6.30. The number of allylic oxidation sites excluding steroid dienone is 1. The number of carbonyl (C=O) groups is 1. The molecule has 230 valence electrons. The zero-order valence-corrected chi connectivity index (χ0v) is 25.9. The third-order valence-corrected chi connectivity index (χ3v) is 10.2. The summed E-state index contributed by atoms with van der Waals surface area (Å²) in [5.41, 5.74) is 15.8. The smallest absolute Gasteiger partial charge is 0.250 e. The number of H-pyrrole nitrogens is 1. The van der Waals surface area contributed by atoms with Crippen molar-refractivity contribution in [1.29, 1.82) is 0 Å². The van der Waals surface area contributed by atoms with Crippen LogP contribution in [0.25, 0.3) is 22.2 Å². The number of hydrogen-bond donors (Lipinski definition) is 2. The van der Waals surface area contributed by atoms with Crippen LogP contribution in [0.2, 0.25) is 5.02 Å². The summed E-state index contributed by atoms with van der Waals surface area (Å²) in [4.78, 5) is 25.1. The van der Waals surface area contributed by atoms with E-state index in [0.717, 1.165) is 85.1 Å². The number of amides is 1. The first-order valence-electron chi connectivity index (χ1n) is 15.7. The van der Waals surface area contributed by atoms with E-state index in [0.29, 0.717) is 30.0 Å². The molecule has 0 atom stereocenters. The number of halogens is 1. The number of benzene rings is 2. The lowest BCUT2D eigenvalue weighted by Gasteiger charge is -2.46. The van der Waals surface area contributed by atoms with Crippen molar-refractivity contribution in [2.45, 2.75) is 25.7 Å². The van der Waals surface area contributed by atoms with E-state index >= 15 is 0 Å². The van der Waals surface area contributed by atoms with Gasteiger partial charge in [-0.25, -0.2) is 0 Å². The van der Waals surface area contributed by atoms with E-state index in [-0.39, 0.29) is 0 Å². The molecule has 0 saturated carbocycles. The Morgan fingerprint density at radius 3 is 2.62 bits per heavy atom. The Kier molecular flexibility index (Phi) is 7.16. The molecule has 0 unspecified atom stereocenters. The van der Waals surface area contributed by atoms with E-state index in [1.807, 2.05) is 36.5 Å². The maximum Gasteiger partial charge on any atom is 0.250 e. The van der Waals surface area contributed by atoms with Crippen LogP contribution in [0.1, 0.15) is 47.2 Å². The van der Waals surface area contributed by atoms with Crippen LogP contribution in [-0.2, 0) is 4.74 Å². The first kappa shape index (κ1) is 28.4. The molecule has 1 saturated heterocycles. The molecule has 4 aromatic rings. The molecule has 8 nitrogen and oxygen atoms in total. The van der Waals surface area contributed by atoms with Gasteiger partial charge in [0, 0.05) is 41.7 Å². The number of carbonyl (C=O) groups excluding carboxylic acids is 1. The lowest BCUT2D eigenvalue weighted by molar-refractivity contribution is -0.116. The van der Waals surface area contributed by atoms with Crippen LogP contribution in [0.4, 0.5) is 11.4 Å². The number of pyridine rings is 1. The summed E-state index contributed by atoms with van der Waals surface area (Å²) in [5, 5.41) is 1.76. The first-order valence-corrected chi connectivity index (χ1v) is 16.1. The van der Waals surface area contributed by atoms with Crippen molar-refractivity contribution in [2.75, 3.05) is 50.9 Å². The summed E-state index contributed by atoms with van der Waals surface area (Å²) in [7, 11) is 0. The van der Waals surface area contributed by atoms with Crippen LogP contribution < -0.4 is 15.4 Å². The molecule has 2 aromatic heterocycles. The molecule has 1 spiro atoms. The minimum absolute atomic E-state index is 0.299. The monoisotopic (exact) mass is 621 g/mol. The van der Waals surface area contributed by atoms with Gasteiger partial charge in [-0.15, -0.1) is 0 Å². The van der Waals surface area contributed by atoms with Crippen molar-refractivity contribution < 1.29 is 14.3 Å². The predicted molar refractivity (Wildman–Crippen MR) is 178 cm³/mol. The number of nitrogens with two attached hydrogens (primary N) is 1. The Morgan fingerprint density at radius 2 is 1.87 bits per heavy atom. The van der Waals surface area contributed by atoms with Crippen LogP contribution >= 0.6 is 11.6 Å². The van der Waals surface area contributed by atoms with Gasteiger partial charge in [0.25, 0.3) is 5.91 Å². The summed E-state index contributed by atoms with van der Waals surface area (Å²) in [6, 6.07) is 18.4. The number of hydrogen-bond acceptors (Lipinski definition) is 6. The molecule has 0 radical (unpaired) electrons. The molecule has 2 aromatic carbocycles. The number of aromatic nitrogens is 2. The van der Waals surface area contributed by atoms with E-state index < -0.39 is 5.91 Å². The zero-order valence-electron chi connectivity index (χ0n) is 25.2. The molecule has 5 heterocycles. The van der Waals surface area contributed by atoms with Crippen molar-refractivity contribution in [1.82, 2.24) is 14.9 Å². The first-order chi connectivity index (χ1) is 21.9. The van der Waals surface area contributed by atoms with Crippen LogP contribution in [0.15, 0.2) is 72.4 Å². The number of rotatable bonds is 6. The van der Waals surface area contributed by atoms with Gasteiger partial charge in [-0.3, -0.25) is 9.69 Å². The second kappa shape index (κ2) is 11.4. The van der Waals surface area contributed by atoms with Crippen molar-refractivity contribution in [3.8, 4) is 5.88 Å². The third-order valence-electron chi connectivity index (χ3n) is 9.90.